The molecular weight excluding hydrogens is 194 g/mol. The first kappa shape index (κ1) is 11.4. The summed E-state index contributed by atoms with van der Waals surface area (Å²) in [6.07, 6.45) is 2.27. The Morgan fingerprint density at radius 1 is 1.67 bits per heavy atom. The summed E-state index contributed by atoms with van der Waals surface area (Å²) in [7, 11) is 0. The van der Waals surface area contributed by atoms with Crippen molar-refractivity contribution in [1.82, 2.24) is 15.3 Å². The van der Waals surface area contributed by atoms with Gasteiger partial charge in [0.2, 0.25) is 5.91 Å². The number of aromatic nitrogens is 2. The molecule has 1 aromatic rings. The molecule has 0 spiro atoms. The highest BCUT2D eigenvalue weighted by Crippen LogP contribution is 2.00. The fourth-order valence-electron chi connectivity index (χ4n) is 0.955. The molecule has 0 fully saturated rings. The molecule has 0 saturated carbocycles. The summed E-state index contributed by atoms with van der Waals surface area (Å²) >= 11 is 0. The maximum Gasteiger partial charge on any atom is 0.316 e. The minimum atomic E-state index is -0.0311. The summed E-state index contributed by atoms with van der Waals surface area (Å²) in [6, 6.07) is 3.18. The minimum absolute atomic E-state index is 0.0311. The van der Waals surface area contributed by atoms with Crippen molar-refractivity contribution < 1.29 is 9.53 Å². The molecule has 1 rings (SSSR count). The van der Waals surface area contributed by atoms with Crippen LogP contribution in [-0.4, -0.2) is 29.0 Å². The van der Waals surface area contributed by atoms with Crippen LogP contribution in [0.5, 0.6) is 6.01 Å². The highest BCUT2D eigenvalue weighted by molar-refractivity contribution is 5.72. The van der Waals surface area contributed by atoms with Crippen LogP contribution in [0.1, 0.15) is 19.0 Å². The Morgan fingerprint density at radius 3 is 3.13 bits per heavy atom. The molecule has 0 saturated heterocycles. The number of nitrogens with one attached hydrogen (secondary N) is 1. The third-order valence-electron chi connectivity index (χ3n) is 1.64. The van der Waals surface area contributed by atoms with Crippen LogP contribution in [-0.2, 0) is 4.79 Å². The summed E-state index contributed by atoms with van der Waals surface area (Å²) in [5, 5.41) is 2.68. The van der Waals surface area contributed by atoms with E-state index >= 15 is 0 Å². The molecule has 1 heterocycles. The van der Waals surface area contributed by atoms with E-state index in [-0.39, 0.29) is 5.91 Å². The van der Waals surface area contributed by atoms with Crippen LogP contribution in [0.15, 0.2) is 6.20 Å². The zero-order chi connectivity index (χ0) is 11.1. The first-order valence-corrected chi connectivity index (χ1v) is 4.77. The van der Waals surface area contributed by atoms with E-state index in [0.29, 0.717) is 19.2 Å². The number of aryl methyl sites for hydroxylation is 1. The first-order valence-electron chi connectivity index (χ1n) is 4.77. The van der Waals surface area contributed by atoms with Crippen molar-refractivity contribution in [3.8, 4) is 6.01 Å². The molecule has 0 aliphatic carbocycles. The van der Waals surface area contributed by atoms with Gasteiger partial charge in [0.05, 0.1) is 12.3 Å². The minimum Gasteiger partial charge on any atom is -0.463 e. The third-order valence-corrected chi connectivity index (χ3v) is 1.64. The lowest BCUT2D eigenvalue weighted by Crippen LogP contribution is -2.22. The van der Waals surface area contributed by atoms with E-state index in [0.717, 1.165) is 12.1 Å². The van der Waals surface area contributed by atoms with Crippen molar-refractivity contribution in [1.29, 1.82) is 0 Å². The molecule has 0 aliphatic rings. The van der Waals surface area contributed by atoms with Crippen molar-refractivity contribution in [3.63, 3.8) is 0 Å². The van der Waals surface area contributed by atoms with E-state index < -0.39 is 0 Å². The number of hydrogen-bond donors (Lipinski definition) is 1. The van der Waals surface area contributed by atoms with Gasteiger partial charge in [-0.2, -0.15) is 4.98 Å². The summed E-state index contributed by atoms with van der Waals surface area (Å²) in [4.78, 5) is 18.5. The van der Waals surface area contributed by atoms with E-state index in [2.05, 4.69) is 21.4 Å². The molecule has 81 valence electrons. The topological polar surface area (TPSA) is 64.1 Å². The summed E-state index contributed by atoms with van der Waals surface area (Å²) in [5.41, 5.74) is 0.752. The lowest BCUT2D eigenvalue weighted by atomic mass is 10.4. The van der Waals surface area contributed by atoms with Gasteiger partial charge in [0.15, 0.2) is 0 Å². The van der Waals surface area contributed by atoms with Crippen LogP contribution in [0.3, 0.4) is 0 Å². The number of carbonyl (C=O) groups is 1. The molecule has 0 unspecified atom stereocenters. The highest BCUT2D eigenvalue weighted by atomic mass is 16.5. The molecule has 1 radical (unpaired) electrons. The van der Waals surface area contributed by atoms with Gasteiger partial charge in [-0.1, -0.05) is 0 Å². The van der Waals surface area contributed by atoms with Gasteiger partial charge in [-0.05, 0) is 13.3 Å². The van der Waals surface area contributed by atoms with Gasteiger partial charge < -0.3 is 10.1 Å². The number of amides is 1. The Hall–Kier alpha value is -1.65. The Bertz CT molecular complexity index is 328. The fraction of sp³-hybridized carbons (Fsp3) is 0.500. The first-order chi connectivity index (χ1) is 7.18. The number of hydrogen-bond acceptors (Lipinski definition) is 4. The monoisotopic (exact) mass is 208 g/mol. The van der Waals surface area contributed by atoms with Gasteiger partial charge in [0, 0.05) is 25.7 Å². The van der Waals surface area contributed by atoms with Crippen molar-refractivity contribution in [2.75, 3.05) is 13.2 Å². The van der Waals surface area contributed by atoms with Gasteiger partial charge in [-0.3, -0.25) is 4.79 Å². The zero-order valence-electron chi connectivity index (χ0n) is 8.91. The van der Waals surface area contributed by atoms with Crippen molar-refractivity contribution in [2.24, 2.45) is 0 Å². The number of ether oxygens (including phenoxy) is 1. The molecule has 0 atom stereocenters. The van der Waals surface area contributed by atoms with E-state index in [1.165, 1.54) is 13.1 Å². The summed E-state index contributed by atoms with van der Waals surface area (Å²) in [6.45, 7) is 4.41. The Labute approximate surface area is 88.9 Å². The second kappa shape index (κ2) is 5.95. The molecule has 5 heteroatoms. The standard InChI is InChI=1S/C10H14N3O2/c1-8-4-6-12-10(13-8)15-7-3-5-11-9(2)14/h6H,3,5,7H2,1-2H3,(H,11,14). The zero-order valence-corrected chi connectivity index (χ0v) is 8.91. The highest BCUT2D eigenvalue weighted by Gasteiger charge is 1.97. The molecule has 15 heavy (non-hydrogen) atoms. The molecule has 0 bridgehead atoms. The molecule has 1 N–H and O–H groups in total. The Kier molecular flexibility index (Phi) is 4.53. The van der Waals surface area contributed by atoms with Crippen molar-refractivity contribution in [3.05, 3.63) is 18.0 Å². The average Bonchev–Trinajstić information content (AvgIpc) is 2.17. The fourth-order valence-corrected chi connectivity index (χ4v) is 0.955. The van der Waals surface area contributed by atoms with E-state index in [9.17, 15) is 4.79 Å². The lowest BCUT2D eigenvalue weighted by Gasteiger charge is -2.04. The van der Waals surface area contributed by atoms with Crippen LogP contribution in [0.2, 0.25) is 0 Å². The number of nitrogens with zero attached hydrogens (tertiary/aromatic N) is 2. The van der Waals surface area contributed by atoms with Crippen LogP contribution in [0.4, 0.5) is 0 Å². The van der Waals surface area contributed by atoms with Gasteiger partial charge in [-0.25, -0.2) is 4.98 Å². The molecule has 5 nitrogen and oxygen atoms in total. The van der Waals surface area contributed by atoms with Crippen molar-refractivity contribution in [2.45, 2.75) is 20.3 Å². The van der Waals surface area contributed by atoms with Crippen LogP contribution in [0.25, 0.3) is 0 Å². The molecule has 0 aliphatic heterocycles. The third kappa shape index (κ3) is 4.95. The second-order valence-corrected chi connectivity index (χ2v) is 3.07. The smallest absolute Gasteiger partial charge is 0.316 e. The van der Waals surface area contributed by atoms with Gasteiger partial charge in [0.1, 0.15) is 0 Å². The van der Waals surface area contributed by atoms with Gasteiger partial charge >= 0.3 is 6.01 Å². The average molecular weight is 208 g/mol. The largest absolute Gasteiger partial charge is 0.463 e. The lowest BCUT2D eigenvalue weighted by molar-refractivity contribution is -0.118. The maximum atomic E-state index is 10.5. The van der Waals surface area contributed by atoms with Crippen molar-refractivity contribution >= 4 is 5.91 Å². The number of carbonyl (C=O) groups excluding carboxylic acids is 1. The van der Waals surface area contributed by atoms with Crippen LogP contribution in [0, 0.1) is 13.0 Å². The quantitative estimate of drug-likeness (QED) is 0.715. The summed E-state index contributed by atoms with van der Waals surface area (Å²) in [5.74, 6) is -0.0311. The van der Waals surface area contributed by atoms with E-state index in [1.807, 2.05) is 6.92 Å². The number of rotatable bonds is 5. The molecular formula is C10H14N3O2. The van der Waals surface area contributed by atoms with E-state index in [1.54, 1.807) is 0 Å². The molecule has 0 aromatic carbocycles. The maximum absolute atomic E-state index is 10.5. The van der Waals surface area contributed by atoms with Gasteiger partial charge in [-0.15, -0.1) is 0 Å². The Balaban J connectivity index is 2.17. The summed E-state index contributed by atoms with van der Waals surface area (Å²) < 4.78 is 5.28. The van der Waals surface area contributed by atoms with Crippen LogP contribution >= 0.6 is 0 Å². The normalized spacial score (nSPS) is 9.73. The molecule has 1 aromatic heterocycles. The van der Waals surface area contributed by atoms with Crippen LogP contribution < -0.4 is 10.1 Å². The Morgan fingerprint density at radius 2 is 2.47 bits per heavy atom. The SMILES string of the molecule is CC(=O)NCCCOc1nc[c]c(C)n1. The van der Waals surface area contributed by atoms with E-state index in [4.69, 9.17) is 4.74 Å². The predicted molar refractivity (Wildman–Crippen MR) is 54.4 cm³/mol. The van der Waals surface area contributed by atoms with Gasteiger partial charge in [0.25, 0.3) is 0 Å². The predicted octanol–water partition coefficient (Wildman–Crippen LogP) is 0.490. The molecule has 1 amide bonds. The second-order valence-electron chi connectivity index (χ2n) is 3.07.